The second-order valence-corrected chi connectivity index (χ2v) is 7.71. The van der Waals surface area contributed by atoms with Gasteiger partial charge in [0.25, 0.3) is 5.56 Å². The van der Waals surface area contributed by atoms with Gasteiger partial charge in [0.2, 0.25) is 5.89 Å². The monoisotopic (exact) mass is 412 g/mol. The predicted molar refractivity (Wildman–Crippen MR) is 105 cm³/mol. The molecule has 3 aromatic heterocycles. The lowest BCUT2D eigenvalue weighted by atomic mass is 9.76. The number of benzene rings is 1. The van der Waals surface area contributed by atoms with E-state index in [4.69, 9.17) is 16.0 Å². The van der Waals surface area contributed by atoms with Crippen LogP contribution in [0.3, 0.4) is 0 Å². The first-order chi connectivity index (χ1) is 14.0. The zero-order chi connectivity index (χ0) is 20.1. The third-order valence-electron chi connectivity index (χ3n) is 5.42. The summed E-state index contributed by atoms with van der Waals surface area (Å²) in [6.45, 7) is -0.0183. The quantitative estimate of drug-likeness (QED) is 0.508. The lowest BCUT2D eigenvalue weighted by Gasteiger charge is -2.34. The van der Waals surface area contributed by atoms with Crippen molar-refractivity contribution in [1.82, 2.24) is 29.1 Å². The van der Waals surface area contributed by atoms with E-state index in [1.165, 1.54) is 21.1 Å². The maximum atomic E-state index is 12.6. The minimum Gasteiger partial charge on any atom is -0.390 e. The molecule has 1 saturated carbocycles. The van der Waals surface area contributed by atoms with E-state index >= 15 is 0 Å². The average Bonchev–Trinajstić information content (AvgIpc) is 3.21. The number of rotatable bonds is 4. The van der Waals surface area contributed by atoms with Crippen molar-refractivity contribution in [3.63, 3.8) is 0 Å². The molecule has 1 aliphatic carbocycles. The van der Waals surface area contributed by atoms with Crippen LogP contribution in [0.1, 0.15) is 36.3 Å². The molecule has 0 atom stereocenters. The molecule has 1 fully saturated rings. The average molecular weight is 413 g/mol. The summed E-state index contributed by atoms with van der Waals surface area (Å²) in [5.74, 6) is -0.00358. The van der Waals surface area contributed by atoms with Crippen LogP contribution in [0.5, 0.6) is 0 Å². The highest BCUT2D eigenvalue weighted by molar-refractivity contribution is 6.30. The van der Waals surface area contributed by atoms with Crippen molar-refractivity contribution in [1.29, 1.82) is 0 Å². The van der Waals surface area contributed by atoms with Crippen LogP contribution in [0, 0.1) is 0 Å². The number of halogens is 1. The van der Waals surface area contributed by atoms with Crippen molar-refractivity contribution in [3.8, 4) is 0 Å². The molecule has 1 aliphatic rings. The van der Waals surface area contributed by atoms with Gasteiger partial charge in [0.15, 0.2) is 0 Å². The molecule has 29 heavy (non-hydrogen) atoms. The molecule has 3 heterocycles. The van der Waals surface area contributed by atoms with Gasteiger partial charge < -0.3 is 8.98 Å². The second-order valence-electron chi connectivity index (χ2n) is 7.28. The summed E-state index contributed by atoms with van der Waals surface area (Å²) in [5, 5.41) is 9.10. The van der Waals surface area contributed by atoms with Crippen molar-refractivity contribution in [2.45, 2.75) is 31.3 Å². The number of hydrogen-bond acceptors (Lipinski definition) is 6. The Hall–Kier alpha value is -3.20. The zero-order valence-corrected chi connectivity index (χ0v) is 16.3. The Kier molecular flexibility index (Phi) is 4.13. The van der Waals surface area contributed by atoms with E-state index in [0.717, 1.165) is 12.8 Å². The fourth-order valence-corrected chi connectivity index (χ4v) is 3.89. The van der Waals surface area contributed by atoms with Crippen molar-refractivity contribution in [3.05, 3.63) is 74.2 Å². The third kappa shape index (κ3) is 3.07. The van der Waals surface area contributed by atoms with E-state index in [9.17, 15) is 9.59 Å². The van der Waals surface area contributed by atoms with E-state index in [2.05, 4.69) is 15.2 Å². The van der Waals surface area contributed by atoms with Crippen LogP contribution in [0.2, 0.25) is 5.02 Å². The van der Waals surface area contributed by atoms with E-state index in [-0.39, 0.29) is 24.0 Å². The molecule has 0 aliphatic heterocycles. The van der Waals surface area contributed by atoms with Gasteiger partial charge in [0, 0.05) is 12.1 Å². The first kappa shape index (κ1) is 17.9. The number of fused-ring (bicyclic) bond motifs is 1. The van der Waals surface area contributed by atoms with Gasteiger partial charge in [-0.05, 0) is 36.5 Å². The van der Waals surface area contributed by atoms with Crippen molar-refractivity contribution < 1.29 is 4.42 Å². The second kappa shape index (κ2) is 6.70. The van der Waals surface area contributed by atoms with Gasteiger partial charge in [-0.3, -0.25) is 4.79 Å². The highest BCUT2D eigenvalue weighted by Crippen LogP contribution is 2.43. The number of hydrogen-bond donors (Lipinski definition) is 0. The molecule has 0 radical (unpaired) electrons. The standard InChI is InChI=1S/C19H17ClN6O3/c1-24-10-21-15-8-22-25(18(27)17(15)24)9-16-23-26(19(28)29-16)14-6-12(7-14)11-2-4-13(20)5-3-11/h2-5,8,10,12,14H,6-7,9H2,1H3/t12-,14-. The van der Waals surface area contributed by atoms with Gasteiger partial charge in [-0.2, -0.15) is 9.78 Å². The van der Waals surface area contributed by atoms with Gasteiger partial charge in [-0.25, -0.2) is 14.5 Å². The van der Waals surface area contributed by atoms with E-state index < -0.39 is 5.76 Å². The summed E-state index contributed by atoms with van der Waals surface area (Å²) in [4.78, 5) is 29.0. The molecule has 4 aromatic rings. The van der Waals surface area contributed by atoms with Crippen LogP contribution < -0.4 is 11.3 Å². The Morgan fingerprint density at radius 1 is 1.21 bits per heavy atom. The van der Waals surface area contributed by atoms with Gasteiger partial charge in [-0.1, -0.05) is 23.7 Å². The topological polar surface area (TPSA) is 101 Å². The van der Waals surface area contributed by atoms with Gasteiger partial charge >= 0.3 is 5.76 Å². The molecule has 0 saturated heterocycles. The number of nitrogens with zero attached hydrogens (tertiary/aromatic N) is 6. The van der Waals surface area contributed by atoms with Gasteiger partial charge in [-0.15, -0.1) is 5.10 Å². The molecular formula is C19H17ClN6O3. The summed E-state index contributed by atoms with van der Waals surface area (Å²) < 4.78 is 9.49. The summed E-state index contributed by atoms with van der Waals surface area (Å²) >= 11 is 5.94. The molecule has 1 aromatic carbocycles. The summed E-state index contributed by atoms with van der Waals surface area (Å²) in [6, 6.07) is 7.73. The smallest absolute Gasteiger partial charge is 0.390 e. The molecule has 0 unspecified atom stereocenters. The first-order valence-electron chi connectivity index (χ1n) is 9.21. The largest absolute Gasteiger partial charge is 0.437 e. The van der Waals surface area contributed by atoms with Gasteiger partial charge in [0.1, 0.15) is 17.6 Å². The van der Waals surface area contributed by atoms with Crippen molar-refractivity contribution in [2.75, 3.05) is 0 Å². The minimum absolute atomic E-state index is 0.0183. The Morgan fingerprint density at radius 3 is 2.72 bits per heavy atom. The fraction of sp³-hybridized carbons (Fsp3) is 0.316. The Bertz CT molecular complexity index is 1310. The molecule has 148 valence electrons. The number of aromatic nitrogens is 6. The molecular weight excluding hydrogens is 396 g/mol. The van der Waals surface area contributed by atoms with E-state index in [1.54, 1.807) is 17.9 Å². The van der Waals surface area contributed by atoms with Crippen molar-refractivity contribution >= 4 is 22.6 Å². The summed E-state index contributed by atoms with van der Waals surface area (Å²) in [7, 11) is 1.74. The van der Waals surface area contributed by atoms with E-state index in [1.807, 2.05) is 24.3 Å². The van der Waals surface area contributed by atoms with Crippen LogP contribution in [-0.2, 0) is 13.6 Å². The highest BCUT2D eigenvalue weighted by atomic mass is 35.5. The summed E-state index contributed by atoms with van der Waals surface area (Å²) in [6.07, 6.45) is 4.66. The van der Waals surface area contributed by atoms with Gasteiger partial charge in [0.05, 0.1) is 18.6 Å². The Balaban J connectivity index is 1.35. The molecule has 9 nitrogen and oxygen atoms in total. The lowest BCUT2D eigenvalue weighted by Crippen LogP contribution is -2.32. The Labute approximate surface area is 169 Å². The number of aryl methyl sites for hydroxylation is 1. The van der Waals surface area contributed by atoms with Crippen LogP contribution >= 0.6 is 11.6 Å². The molecule has 5 rings (SSSR count). The molecule has 0 bridgehead atoms. The highest BCUT2D eigenvalue weighted by Gasteiger charge is 2.34. The SMILES string of the molecule is Cn1cnc2cnn(Cc3nn([C@H]4C[C@H](c5ccc(Cl)cc5)C4)c(=O)o3)c(=O)c21. The normalized spacial score (nSPS) is 18.8. The molecule has 0 spiro atoms. The fourth-order valence-electron chi connectivity index (χ4n) is 3.76. The third-order valence-corrected chi connectivity index (χ3v) is 5.67. The predicted octanol–water partition coefficient (Wildman–Crippen LogP) is 2.10. The van der Waals surface area contributed by atoms with Crippen LogP contribution in [0.25, 0.3) is 11.0 Å². The van der Waals surface area contributed by atoms with E-state index in [0.29, 0.717) is 22.0 Å². The lowest BCUT2D eigenvalue weighted by molar-refractivity contribution is 0.233. The Morgan fingerprint density at radius 2 is 1.97 bits per heavy atom. The maximum Gasteiger partial charge on any atom is 0.437 e. The van der Waals surface area contributed by atoms with Crippen molar-refractivity contribution in [2.24, 2.45) is 7.05 Å². The summed E-state index contributed by atoms with van der Waals surface area (Å²) in [5.41, 5.74) is 1.84. The van der Waals surface area contributed by atoms with Crippen LogP contribution in [0.15, 0.2) is 50.8 Å². The zero-order valence-electron chi connectivity index (χ0n) is 15.5. The first-order valence-corrected chi connectivity index (χ1v) is 9.58. The maximum absolute atomic E-state index is 12.6. The number of imidazole rings is 1. The van der Waals surface area contributed by atoms with Crippen LogP contribution in [-0.4, -0.2) is 29.1 Å². The molecule has 0 amide bonds. The molecule has 10 heteroatoms. The van der Waals surface area contributed by atoms with Crippen LogP contribution in [0.4, 0.5) is 0 Å². The minimum atomic E-state index is -0.519. The molecule has 0 N–H and O–H groups in total.